The van der Waals surface area contributed by atoms with Crippen LogP contribution >= 0.6 is 11.3 Å². The van der Waals surface area contributed by atoms with Gasteiger partial charge in [-0.1, -0.05) is 6.92 Å². The molecule has 1 amide bonds. The minimum atomic E-state index is -0.0507. The fourth-order valence-electron chi connectivity index (χ4n) is 1.32. The molecule has 0 bridgehead atoms. The molecule has 16 heavy (non-hydrogen) atoms. The van der Waals surface area contributed by atoms with E-state index in [-0.39, 0.29) is 18.0 Å². The van der Waals surface area contributed by atoms with E-state index in [1.54, 1.807) is 11.3 Å². The van der Waals surface area contributed by atoms with E-state index < -0.39 is 0 Å². The molecule has 0 aliphatic heterocycles. The van der Waals surface area contributed by atoms with E-state index in [1.807, 2.05) is 27.0 Å². The van der Waals surface area contributed by atoms with Gasteiger partial charge in [-0.25, -0.2) is 4.98 Å². The topological polar surface area (TPSA) is 68.0 Å². The fraction of sp³-hybridized carbons (Fsp3) is 0.636. The third-order valence-corrected chi connectivity index (χ3v) is 3.45. The summed E-state index contributed by atoms with van der Waals surface area (Å²) in [7, 11) is 0. The molecule has 0 fully saturated rings. The molecule has 0 radical (unpaired) electrons. The van der Waals surface area contributed by atoms with Crippen LogP contribution in [0.4, 0.5) is 0 Å². The van der Waals surface area contributed by atoms with E-state index in [4.69, 9.17) is 5.73 Å². The Labute approximate surface area is 100 Å². The number of thiazole rings is 1. The molecule has 3 N–H and O–H groups in total. The lowest BCUT2D eigenvalue weighted by Crippen LogP contribution is -2.32. The lowest BCUT2D eigenvalue weighted by molar-refractivity contribution is -0.122. The smallest absolute Gasteiger partial charge is 0.222 e. The Morgan fingerprint density at radius 3 is 2.88 bits per heavy atom. The molecule has 1 aromatic heterocycles. The van der Waals surface area contributed by atoms with E-state index in [2.05, 4.69) is 10.3 Å². The maximum absolute atomic E-state index is 11.6. The highest BCUT2D eigenvalue weighted by atomic mass is 32.1. The van der Waals surface area contributed by atoms with Crippen molar-refractivity contribution >= 4 is 17.2 Å². The molecule has 0 aromatic carbocycles. The lowest BCUT2D eigenvalue weighted by atomic mass is 10.1. The van der Waals surface area contributed by atoms with Crippen molar-refractivity contribution in [3.63, 3.8) is 0 Å². The van der Waals surface area contributed by atoms with Crippen molar-refractivity contribution in [2.24, 2.45) is 5.73 Å². The monoisotopic (exact) mass is 241 g/mol. The first-order valence-corrected chi connectivity index (χ1v) is 6.31. The van der Waals surface area contributed by atoms with Crippen LogP contribution in [-0.2, 0) is 4.79 Å². The number of hydrogen-bond donors (Lipinski definition) is 2. The number of nitrogens with two attached hydrogens (primary N) is 1. The first-order valence-electron chi connectivity index (χ1n) is 5.50. The van der Waals surface area contributed by atoms with Gasteiger partial charge in [0.25, 0.3) is 0 Å². The summed E-state index contributed by atoms with van der Waals surface area (Å²) in [6.07, 6.45) is 3.02. The highest BCUT2D eigenvalue weighted by Crippen LogP contribution is 2.18. The number of aromatic nitrogens is 1. The second-order valence-corrected chi connectivity index (χ2v) is 5.24. The molecule has 1 rings (SSSR count). The molecule has 4 nitrogen and oxygen atoms in total. The molecular weight excluding hydrogens is 222 g/mol. The standard InChI is InChI=1S/C11H19N3OS/c1-4-9(12)5-10(15)14-8(3)11-13-6-7(2)16-11/h6,8-9H,4-5,12H2,1-3H3,(H,14,15). The zero-order valence-electron chi connectivity index (χ0n) is 9.99. The van der Waals surface area contributed by atoms with Gasteiger partial charge >= 0.3 is 0 Å². The van der Waals surface area contributed by atoms with Crippen LogP contribution in [0.3, 0.4) is 0 Å². The second-order valence-electron chi connectivity index (χ2n) is 3.97. The number of amides is 1. The molecule has 0 aliphatic rings. The van der Waals surface area contributed by atoms with Crippen molar-refractivity contribution in [3.8, 4) is 0 Å². The van der Waals surface area contributed by atoms with Crippen LogP contribution < -0.4 is 11.1 Å². The Morgan fingerprint density at radius 1 is 1.69 bits per heavy atom. The van der Waals surface area contributed by atoms with Crippen LogP contribution in [0, 0.1) is 6.92 Å². The number of nitrogens with zero attached hydrogens (tertiary/aromatic N) is 1. The minimum Gasteiger partial charge on any atom is -0.347 e. The quantitative estimate of drug-likeness (QED) is 0.825. The average molecular weight is 241 g/mol. The van der Waals surface area contributed by atoms with Gasteiger partial charge < -0.3 is 11.1 Å². The zero-order chi connectivity index (χ0) is 12.1. The van der Waals surface area contributed by atoms with Gasteiger partial charge in [-0.3, -0.25) is 4.79 Å². The van der Waals surface area contributed by atoms with E-state index in [9.17, 15) is 4.79 Å². The van der Waals surface area contributed by atoms with Gasteiger partial charge in [-0.2, -0.15) is 0 Å². The summed E-state index contributed by atoms with van der Waals surface area (Å²) in [5, 5.41) is 3.84. The molecule has 0 saturated carbocycles. The summed E-state index contributed by atoms with van der Waals surface area (Å²) in [5.41, 5.74) is 5.72. The van der Waals surface area contributed by atoms with E-state index in [0.29, 0.717) is 6.42 Å². The summed E-state index contributed by atoms with van der Waals surface area (Å²) >= 11 is 1.61. The van der Waals surface area contributed by atoms with E-state index >= 15 is 0 Å². The molecule has 2 unspecified atom stereocenters. The van der Waals surface area contributed by atoms with Crippen molar-refractivity contribution in [1.29, 1.82) is 0 Å². The summed E-state index contributed by atoms with van der Waals surface area (Å²) in [4.78, 5) is 17.0. The number of carbonyl (C=O) groups excluding carboxylic acids is 1. The summed E-state index contributed by atoms with van der Waals surface area (Å²) < 4.78 is 0. The van der Waals surface area contributed by atoms with Crippen LogP contribution in [0.1, 0.15) is 42.6 Å². The number of rotatable bonds is 5. The molecular formula is C11H19N3OS. The number of nitrogens with one attached hydrogen (secondary N) is 1. The Hall–Kier alpha value is -0.940. The number of hydrogen-bond acceptors (Lipinski definition) is 4. The number of aryl methyl sites for hydroxylation is 1. The van der Waals surface area contributed by atoms with Gasteiger partial charge in [-0.05, 0) is 20.3 Å². The Balaban J connectivity index is 2.45. The molecule has 90 valence electrons. The normalized spacial score (nSPS) is 14.5. The number of carbonyl (C=O) groups is 1. The van der Waals surface area contributed by atoms with Gasteiger partial charge in [-0.15, -0.1) is 11.3 Å². The van der Waals surface area contributed by atoms with Crippen molar-refractivity contribution < 1.29 is 4.79 Å². The summed E-state index contributed by atoms with van der Waals surface area (Å²) in [6, 6.07) is -0.0829. The van der Waals surface area contributed by atoms with Crippen molar-refractivity contribution in [3.05, 3.63) is 16.1 Å². The highest BCUT2D eigenvalue weighted by Gasteiger charge is 2.14. The van der Waals surface area contributed by atoms with Crippen LogP contribution in [0.2, 0.25) is 0 Å². The molecule has 5 heteroatoms. The lowest BCUT2D eigenvalue weighted by Gasteiger charge is -2.13. The third kappa shape index (κ3) is 3.90. The third-order valence-electron chi connectivity index (χ3n) is 2.36. The Bertz CT molecular complexity index is 351. The zero-order valence-corrected chi connectivity index (χ0v) is 10.8. The van der Waals surface area contributed by atoms with Gasteiger partial charge in [0, 0.05) is 23.5 Å². The Kier molecular flexibility index (Phi) is 4.89. The average Bonchev–Trinajstić information content (AvgIpc) is 2.64. The van der Waals surface area contributed by atoms with Gasteiger partial charge in [0.05, 0.1) is 6.04 Å². The molecule has 1 heterocycles. The predicted octanol–water partition coefficient (Wildman–Crippen LogP) is 1.76. The molecule has 0 saturated heterocycles. The van der Waals surface area contributed by atoms with Crippen LogP contribution in [0.25, 0.3) is 0 Å². The van der Waals surface area contributed by atoms with E-state index in [0.717, 1.165) is 16.3 Å². The van der Waals surface area contributed by atoms with Gasteiger partial charge in [0.1, 0.15) is 5.01 Å². The molecule has 0 aliphatic carbocycles. The first-order chi connectivity index (χ1) is 7.52. The first kappa shape index (κ1) is 13.1. The van der Waals surface area contributed by atoms with Crippen LogP contribution in [0.5, 0.6) is 0 Å². The van der Waals surface area contributed by atoms with E-state index in [1.165, 1.54) is 0 Å². The van der Waals surface area contributed by atoms with Crippen molar-refractivity contribution in [1.82, 2.24) is 10.3 Å². The summed E-state index contributed by atoms with van der Waals surface area (Å²) in [5.74, 6) is -0.00490. The largest absolute Gasteiger partial charge is 0.347 e. The van der Waals surface area contributed by atoms with Gasteiger partial charge in [0.2, 0.25) is 5.91 Å². The minimum absolute atomic E-state index is 0.00490. The fourth-order valence-corrected chi connectivity index (χ4v) is 2.09. The van der Waals surface area contributed by atoms with Crippen LogP contribution in [-0.4, -0.2) is 16.9 Å². The molecule has 1 aromatic rings. The van der Waals surface area contributed by atoms with Crippen LogP contribution in [0.15, 0.2) is 6.20 Å². The SMILES string of the molecule is CCC(N)CC(=O)NC(C)c1ncc(C)s1. The molecule has 2 atom stereocenters. The van der Waals surface area contributed by atoms with Crippen molar-refractivity contribution in [2.75, 3.05) is 0 Å². The molecule has 0 spiro atoms. The predicted molar refractivity (Wildman–Crippen MR) is 66.3 cm³/mol. The Morgan fingerprint density at radius 2 is 2.38 bits per heavy atom. The highest BCUT2D eigenvalue weighted by molar-refractivity contribution is 7.11. The van der Waals surface area contributed by atoms with Gasteiger partial charge in [0.15, 0.2) is 0 Å². The second kappa shape index (κ2) is 5.96. The maximum atomic E-state index is 11.6. The summed E-state index contributed by atoms with van der Waals surface area (Å²) in [6.45, 7) is 5.92. The van der Waals surface area contributed by atoms with Crippen molar-refractivity contribution in [2.45, 2.75) is 45.7 Å². The maximum Gasteiger partial charge on any atom is 0.222 e.